The summed E-state index contributed by atoms with van der Waals surface area (Å²) in [6, 6.07) is 8.16. The van der Waals surface area contributed by atoms with E-state index in [0.717, 1.165) is 35.3 Å². The first-order valence-electron chi connectivity index (χ1n) is 5.55. The summed E-state index contributed by atoms with van der Waals surface area (Å²) in [6.07, 6.45) is 1.52. The highest BCUT2D eigenvalue weighted by atomic mass is 79.9. The maximum atomic E-state index is 8.49. The lowest BCUT2D eigenvalue weighted by Crippen LogP contribution is -2.19. The number of benzene rings is 1. The molecule has 0 saturated carbocycles. The smallest absolute Gasteiger partial charge is 0.123 e. The van der Waals surface area contributed by atoms with Gasteiger partial charge < -0.3 is 9.64 Å². The summed E-state index contributed by atoms with van der Waals surface area (Å²) in [4.78, 5) is 2.20. The Morgan fingerprint density at radius 2 is 2.24 bits per heavy atom. The largest absolute Gasteiger partial charge is 0.496 e. The van der Waals surface area contributed by atoms with E-state index in [2.05, 4.69) is 40.0 Å². The van der Waals surface area contributed by atoms with Crippen LogP contribution in [-0.2, 0) is 6.54 Å². The van der Waals surface area contributed by atoms with Crippen molar-refractivity contribution in [2.75, 3.05) is 20.7 Å². The number of unbranched alkanes of at least 4 members (excludes halogenated alkanes) is 1. The Hall–Kier alpha value is -1.05. The summed E-state index contributed by atoms with van der Waals surface area (Å²) in [5.74, 6) is 0.903. The molecule has 0 unspecified atom stereocenters. The molecule has 0 saturated heterocycles. The minimum atomic E-state index is 0.611. The van der Waals surface area contributed by atoms with Gasteiger partial charge in [0.15, 0.2) is 0 Å². The summed E-state index contributed by atoms with van der Waals surface area (Å²) in [5.41, 5.74) is 1.15. The lowest BCUT2D eigenvalue weighted by Gasteiger charge is -2.18. The zero-order chi connectivity index (χ0) is 12.7. The molecular weight excluding hydrogens is 280 g/mol. The third kappa shape index (κ3) is 4.76. The lowest BCUT2D eigenvalue weighted by atomic mass is 10.2. The van der Waals surface area contributed by atoms with Crippen molar-refractivity contribution in [2.45, 2.75) is 19.4 Å². The number of methoxy groups -OCH3 is 1. The fraction of sp³-hybridized carbons (Fsp3) is 0.462. The van der Waals surface area contributed by atoms with Crippen LogP contribution in [0.3, 0.4) is 0 Å². The van der Waals surface area contributed by atoms with Gasteiger partial charge in [0.25, 0.3) is 0 Å². The van der Waals surface area contributed by atoms with Gasteiger partial charge >= 0.3 is 0 Å². The van der Waals surface area contributed by atoms with Crippen LogP contribution in [0.25, 0.3) is 0 Å². The molecule has 0 atom stereocenters. The number of hydrogen-bond acceptors (Lipinski definition) is 3. The highest BCUT2D eigenvalue weighted by Gasteiger charge is 2.06. The molecule has 0 bridgehead atoms. The maximum absolute atomic E-state index is 8.49. The van der Waals surface area contributed by atoms with Crippen molar-refractivity contribution < 1.29 is 4.74 Å². The van der Waals surface area contributed by atoms with E-state index >= 15 is 0 Å². The second-order valence-corrected chi connectivity index (χ2v) is 4.87. The first kappa shape index (κ1) is 14.0. The fourth-order valence-corrected chi connectivity index (χ4v) is 2.08. The van der Waals surface area contributed by atoms with E-state index in [1.807, 2.05) is 12.1 Å². The minimum Gasteiger partial charge on any atom is -0.496 e. The van der Waals surface area contributed by atoms with E-state index in [4.69, 9.17) is 10.00 Å². The minimum absolute atomic E-state index is 0.611. The molecule has 0 heterocycles. The molecule has 0 aliphatic heterocycles. The van der Waals surface area contributed by atoms with E-state index < -0.39 is 0 Å². The molecule has 0 spiro atoms. The SMILES string of the molecule is COc1ccc(Br)cc1CN(C)CCCC#N. The number of nitrogens with zero attached hydrogens (tertiary/aromatic N) is 2. The number of rotatable bonds is 6. The van der Waals surface area contributed by atoms with Crippen molar-refractivity contribution >= 4 is 15.9 Å². The van der Waals surface area contributed by atoms with Crippen LogP contribution in [0.5, 0.6) is 5.75 Å². The summed E-state index contributed by atoms with van der Waals surface area (Å²) < 4.78 is 6.38. The molecule has 4 heteroatoms. The van der Waals surface area contributed by atoms with Crippen LogP contribution in [0.15, 0.2) is 22.7 Å². The van der Waals surface area contributed by atoms with Crippen molar-refractivity contribution in [3.05, 3.63) is 28.2 Å². The summed E-state index contributed by atoms with van der Waals surface area (Å²) in [7, 11) is 3.74. The second kappa shape index (κ2) is 7.31. The van der Waals surface area contributed by atoms with E-state index in [1.165, 1.54) is 0 Å². The summed E-state index contributed by atoms with van der Waals surface area (Å²) >= 11 is 3.46. The zero-order valence-corrected chi connectivity index (χ0v) is 11.8. The van der Waals surface area contributed by atoms with Gasteiger partial charge in [0, 0.05) is 23.0 Å². The monoisotopic (exact) mass is 296 g/mol. The van der Waals surface area contributed by atoms with Crippen LogP contribution in [-0.4, -0.2) is 25.6 Å². The molecule has 1 aromatic carbocycles. The molecule has 0 fully saturated rings. The van der Waals surface area contributed by atoms with Crippen molar-refractivity contribution in [1.82, 2.24) is 4.90 Å². The molecule has 3 nitrogen and oxygen atoms in total. The number of nitriles is 1. The fourth-order valence-electron chi connectivity index (χ4n) is 1.67. The molecule has 0 aromatic heterocycles. The van der Waals surface area contributed by atoms with Gasteiger partial charge in [-0.2, -0.15) is 5.26 Å². The van der Waals surface area contributed by atoms with Crippen LogP contribution in [0, 0.1) is 11.3 Å². The van der Waals surface area contributed by atoms with Gasteiger partial charge in [0.05, 0.1) is 13.2 Å². The van der Waals surface area contributed by atoms with E-state index in [-0.39, 0.29) is 0 Å². The molecule has 0 radical (unpaired) electrons. The normalized spacial score (nSPS) is 10.3. The van der Waals surface area contributed by atoms with E-state index in [1.54, 1.807) is 7.11 Å². The van der Waals surface area contributed by atoms with Crippen molar-refractivity contribution in [2.24, 2.45) is 0 Å². The standard InChI is InChI=1S/C13H17BrN2O/c1-16(8-4-3-7-15)10-11-9-12(14)5-6-13(11)17-2/h5-6,9H,3-4,8,10H2,1-2H3. The Labute approximate surface area is 111 Å². The van der Waals surface area contributed by atoms with Crippen LogP contribution >= 0.6 is 15.9 Å². The molecule has 0 aliphatic rings. The van der Waals surface area contributed by atoms with Gasteiger partial charge in [-0.05, 0) is 38.2 Å². The molecule has 1 rings (SSSR count). The van der Waals surface area contributed by atoms with Gasteiger partial charge in [-0.3, -0.25) is 0 Å². The topological polar surface area (TPSA) is 36.3 Å². The van der Waals surface area contributed by atoms with E-state index in [9.17, 15) is 0 Å². The van der Waals surface area contributed by atoms with Gasteiger partial charge in [-0.1, -0.05) is 15.9 Å². The number of halogens is 1. The molecule has 92 valence electrons. The maximum Gasteiger partial charge on any atom is 0.123 e. The Balaban J connectivity index is 2.60. The van der Waals surface area contributed by atoms with E-state index in [0.29, 0.717) is 6.42 Å². The van der Waals surface area contributed by atoms with Gasteiger partial charge in [0.1, 0.15) is 5.75 Å². The third-order valence-corrected chi connectivity index (χ3v) is 3.00. The first-order valence-corrected chi connectivity index (χ1v) is 6.34. The van der Waals surface area contributed by atoms with Gasteiger partial charge in [-0.15, -0.1) is 0 Å². The zero-order valence-electron chi connectivity index (χ0n) is 10.2. The first-order chi connectivity index (χ1) is 8.17. The van der Waals surface area contributed by atoms with Crippen LogP contribution in [0.4, 0.5) is 0 Å². The van der Waals surface area contributed by atoms with Crippen LogP contribution in [0.1, 0.15) is 18.4 Å². The van der Waals surface area contributed by atoms with Crippen LogP contribution in [0.2, 0.25) is 0 Å². The Morgan fingerprint density at radius 3 is 2.88 bits per heavy atom. The molecule has 0 N–H and O–H groups in total. The van der Waals surface area contributed by atoms with Crippen molar-refractivity contribution in [3.63, 3.8) is 0 Å². The van der Waals surface area contributed by atoms with Gasteiger partial charge in [0.2, 0.25) is 0 Å². The predicted octanol–water partition coefficient (Wildman–Crippen LogP) is 3.19. The lowest BCUT2D eigenvalue weighted by molar-refractivity contribution is 0.314. The number of hydrogen-bond donors (Lipinski definition) is 0. The molecular formula is C13H17BrN2O. The Morgan fingerprint density at radius 1 is 1.47 bits per heavy atom. The van der Waals surface area contributed by atoms with Gasteiger partial charge in [-0.25, -0.2) is 0 Å². The number of ether oxygens (including phenoxy) is 1. The highest BCUT2D eigenvalue weighted by molar-refractivity contribution is 9.10. The van der Waals surface area contributed by atoms with Crippen LogP contribution < -0.4 is 4.74 Å². The third-order valence-electron chi connectivity index (χ3n) is 2.51. The molecule has 1 aromatic rings. The average Bonchev–Trinajstić information content (AvgIpc) is 2.29. The Kier molecular flexibility index (Phi) is 6.03. The molecule has 0 amide bonds. The molecule has 17 heavy (non-hydrogen) atoms. The average molecular weight is 297 g/mol. The highest BCUT2D eigenvalue weighted by Crippen LogP contribution is 2.24. The van der Waals surface area contributed by atoms with Crippen molar-refractivity contribution in [3.8, 4) is 11.8 Å². The van der Waals surface area contributed by atoms with Crippen molar-refractivity contribution in [1.29, 1.82) is 5.26 Å². The summed E-state index contributed by atoms with van der Waals surface area (Å²) in [5, 5.41) is 8.49. The quantitative estimate of drug-likeness (QED) is 0.757. The predicted molar refractivity (Wildman–Crippen MR) is 71.9 cm³/mol. The Bertz CT molecular complexity index is 401. The second-order valence-electron chi connectivity index (χ2n) is 3.96. The molecule has 0 aliphatic carbocycles. The summed E-state index contributed by atoms with van der Waals surface area (Å²) in [6.45, 7) is 1.75.